The number of thioether (sulfide) groups is 1. The summed E-state index contributed by atoms with van der Waals surface area (Å²) in [6.45, 7) is -1.10. The van der Waals surface area contributed by atoms with Crippen molar-refractivity contribution >= 4 is 74.9 Å². The average Bonchev–Trinajstić information content (AvgIpc) is 3.45. The molecular weight excluding hydrogens is 588 g/mol. The average molecular weight is 623 g/mol. The molecule has 0 spiro atoms. The summed E-state index contributed by atoms with van der Waals surface area (Å²) in [6.07, 6.45) is 2.99. The van der Waals surface area contributed by atoms with Gasteiger partial charge >= 0.3 is 18.0 Å². The molecule has 2 heterocycles. The van der Waals surface area contributed by atoms with Crippen molar-refractivity contribution in [2.75, 3.05) is 36.9 Å². The fraction of sp³-hybridized carbons (Fsp3) is 0.682. The Bertz CT molecular complexity index is 927. The van der Waals surface area contributed by atoms with Crippen LogP contribution in [-0.2, 0) is 28.8 Å². The van der Waals surface area contributed by atoms with E-state index in [1.165, 1.54) is 21.6 Å². The van der Waals surface area contributed by atoms with Gasteiger partial charge in [-0.3, -0.25) is 28.8 Å². The summed E-state index contributed by atoms with van der Waals surface area (Å²) >= 11 is 1.85. The zero-order valence-corrected chi connectivity index (χ0v) is 24.0. The number of rotatable bonds is 19. The predicted octanol–water partition coefficient (Wildman–Crippen LogP) is -1.51. The molecule has 224 valence electrons. The second-order valence-corrected chi connectivity index (χ2v) is 12.8. The molecule has 2 rings (SSSR count). The summed E-state index contributed by atoms with van der Waals surface area (Å²) in [5.41, 5.74) is 0. The summed E-state index contributed by atoms with van der Waals surface area (Å²) in [5, 5.41) is 32.6. The predicted molar refractivity (Wildman–Crippen MR) is 150 cm³/mol. The minimum absolute atomic E-state index is 0.0360. The Labute approximate surface area is 242 Å². The molecule has 2 aliphatic heterocycles. The molecule has 0 aromatic rings. The van der Waals surface area contributed by atoms with Crippen LogP contribution < -0.4 is 31.9 Å². The largest absolute Gasteiger partial charge is 0.480 e. The molecule has 6 amide bonds. The standard InChI is InChI=1S/C22H34N6O9S3/c29-14(4-2-1-3-13-18-12(11-38-13)26-22(37)28-18)23-6-8-40-39-7-5-15(30)27-19(20(35)24-9-16(31)32)21(36)25-10-17(33)34/h12-13,18-19H,1-11H2,(H,23,29)(H,24,35)(H,25,36)(H,27,30)(H,31,32)(H,33,34)(H2,26,28,37). The van der Waals surface area contributed by atoms with Crippen LogP contribution in [0.3, 0.4) is 0 Å². The molecule has 3 atom stereocenters. The first-order valence-electron chi connectivity index (χ1n) is 12.5. The van der Waals surface area contributed by atoms with Gasteiger partial charge in [0.25, 0.3) is 11.8 Å². The molecule has 0 radical (unpaired) electrons. The SMILES string of the molecule is O=C(O)CNC(=O)C(NC(=O)CCSSCCNC(=O)CCCCC1SCC2NC(=O)NC21)C(=O)NCC(=O)O. The second kappa shape index (κ2) is 17.8. The highest BCUT2D eigenvalue weighted by Crippen LogP contribution is 2.33. The van der Waals surface area contributed by atoms with Gasteiger partial charge in [-0.1, -0.05) is 28.0 Å². The van der Waals surface area contributed by atoms with Gasteiger partial charge in [-0.05, 0) is 12.8 Å². The van der Waals surface area contributed by atoms with Crippen LogP contribution in [0.5, 0.6) is 0 Å². The molecule has 0 aromatic carbocycles. The summed E-state index contributed by atoms with van der Waals surface area (Å²) in [7, 11) is 2.79. The Morgan fingerprint density at radius 2 is 1.52 bits per heavy atom. The van der Waals surface area contributed by atoms with E-state index in [1.807, 2.05) is 22.4 Å². The molecule has 18 heteroatoms. The molecule has 0 bridgehead atoms. The number of hydrogen-bond donors (Lipinski definition) is 8. The third-order valence-corrected chi connectivity index (χ3v) is 9.66. The van der Waals surface area contributed by atoms with Gasteiger partial charge in [0, 0.05) is 41.9 Å². The third-order valence-electron chi connectivity index (χ3n) is 5.74. The number of carbonyl (C=O) groups excluding carboxylic acids is 5. The van der Waals surface area contributed by atoms with E-state index in [2.05, 4.69) is 21.3 Å². The molecule has 15 nitrogen and oxygen atoms in total. The number of carbonyl (C=O) groups is 7. The summed E-state index contributed by atoms with van der Waals surface area (Å²) in [5.74, 6) is -3.72. The molecule has 0 saturated carbocycles. The van der Waals surface area contributed by atoms with Gasteiger partial charge in [-0.2, -0.15) is 11.8 Å². The molecule has 0 aliphatic carbocycles. The Kier molecular flexibility index (Phi) is 14.8. The molecule has 8 N–H and O–H groups in total. The summed E-state index contributed by atoms with van der Waals surface area (Å²) in [4.78, 5) is 81.2. The fourth-order valence-corrected chi connectivity index (χ4v) is 7.30. The van der Waals surface area contributed by atoms with Crippen LogP contribution in [0.25, 0.3) is 0 Å². The topological polar surface area (TPSA) is 232 Å². The molecule has 2 saturated heterocycles. The lowest BCUT2D eigenvalue weighted by Crippen LogP contribution is -2.56. The van der Waals surface area contributed by atoms with Crippen LogP contribution in [0, 0.1) is 0 Å². The van der Waals surface area contributed by atoms with Gasteiger partial charge in [-0.25, -0.2) is 4.79 Å². The number of hydrogen-bond acceptors (Lipinski definition) is 10. The number of nitrogens with one attached hydrogen (secondary N) is 6. The maximum absolute atomic E-state index is 12.2. The van der Waals surface area contributed by atoms with Crippen LogP contribution in [0.4, 0.5) is 4.79 Å². The van der Waals surface area contributed by atoms with Crippen molar-refractivity contribution in [1.82, 2.24) is 31.9 Å². The quantitative estimate of drug-likeness (QED) is 0.0355. The highest BCUT2D eigenvalue weighted by atomic mass is 33.1. The van der Waals surface area contributed by atoms with Crippen molar-refractivity contribution in [3.63, 3.8) is 0 Å². The van der Waals surface area contributed by atoms with Crippen LogP contribution in [0.2, 0.25) is 0 Å². The van der Waals surface area contributed by atoms with Gasteiger partial charge in [0.1, 0.15) is 13.1 Å². The van der Waals surface area contributed by atoms with E-state index in [0.717, 1.165) is 25.0 Å². The van der Waals surface area contributed by atoms with Gasteiger partial charge in [-0.15, -0.1) is 0 Å². The lowest BCUT2D eigenvalue weighted by atomic mass is 10.0. The van der Waals surface area contributed by atoms with Gasteiger partial charge < -0.3 is 42.1 Å². The number of unbranched alkanes of at least 4 members (excludes halogenated alkanes) is 1. The van der Waals surface area contributed by atoms with Crippen molar-refractivity contribution in [1.29, 1.82) is 0 Å². The van der Waals surface area contributed by atoms with Crippen LogP contribution in [-0.4, -0.2) is 112 Å². The van der Waals surface area contributed by atoms with Crippen molar-refractivity contribution in [2.24, 2.45) is 0 Å². The Morgan fingerprint density at radius 3 is 2.17 bits per heavy atom. The number of carboxylic acids is 2. The maximum atomic E-state index is 12.2. The first kappa shape index (κ1) is 33.3. The van der Waals surface area contributed by atoms with Crippen molar-refractivity contribution in [3.05, 3.63) is 0 Å². The van der Waals surface area contributed by atoms with Crippen LogP contribution in [0.1, 0.15) is 32.1 Å². The molecule has 3 unspecified atom stereocenters. The van der Waals surface area contributed by atoms with Gasteiger partial charge in [0.2, 0.25) is 11.8 Å². The van der Waals surface area contributed by atoms with E-state index < -0.39 is 48.8 Å². The number of amides is 6. The highest BCUT2D eigenvalue weighted by molar-refractivity contribution is 8.76. The lowest BCUT2D eigenvalue weighted by molar-refractivity contribution is -0.142. The van der Waals surface area contributed by atoms with E-state index in [1.54, 1.807) is 0 Å². The van der Waals surface area contributed by atoms with Gasteiger partial charge in [0.05, 0.1) is 12.1 Å². The van der Waals surface area contributed by atoms with E-state index in [0.29, 0.717) is 29.7 Å². The number of carboxylic acid groups (broad SMARTS) is 2. The van der Waals surface area contributed by atoms with Crippen molar-refractivity contribution in [2.45, 2.75) is 55.5 Å². The minimum Gasteiger partial charge on any atom is -0.480 e. The Morgan fingerprint density at radius 1 is 0.875 bits per heavy atom. The van der Waals surface area contributed by atoms with E-state index in [-0.39, 0.29) is 30.4 Å². The second-order valence-electron chi connectivity index (χ2n) is 8.84. The number of urea groups is 1. The Balaban J connectivity index is 1.53. The smallest absolute Gasteiger partial charge is 0.322 e. The minimum atomic E-state index is -1.78. The molecule has 0 aromatic heterocycles. The molecular formula is C22H34N6O9S3. The zero-order chi connectivity index (χ0) is 29.5. The molecule has 40 heavy (non-hydrogen) atoms. The van der Waals surface area contributed by atoms with Crippen LogP contribution >= 0.6 is 33.3 Å². The highest BCUT2D eigenvalue weighted by Gasteiger charge is 2.42. The monoisotopic (exact) mass is 622 g/mol. The number of aliphatic carboxylic acids is 2. The van der Waals surface area contributed by atoms with Crippen molar-refractivity contribution in [3.8, 4) is 0 Å². The Hall–Kier alpha value is -2.86. The first-order valence-corrected chi connectivity index (χ1v) is 16.1. The zero-order valence-electron chi connectivity index (χ0n) is 21.6. The summed E-state index contributed by atoms with van der Waals surface area (Å²) < 4.78 is 0. The maximum Gasteiger partial charge on any atom is 0.322 e. The third kappa shape index (κ3) is 12.5. The van der Waals surface area contributed by atoms with Crippen molar-refractivity contribution < 1.29 is 43.8 Å². The normalized spacial score (nSPS) is 19.2. The lowest BCUT2D eigenvalue weighted by Gasteiger charge is -2.17. The van der Waals surface area contributed by atoms with E-state index in [9.17, 15) is 33.6 Å². The van der Waals surface area contributed by atoms with E-state index >= 15 is 0 Å². The molecule has 2 aliphatic rings. The number of fused-ring (bicyclic) bond motifs is 1. The van der Waals surface area contributed by atoms with E-state index in [4.69, 9.17) is 10.2 Å². The first-order chi connectivity index (χ1) is 19.1. The summed E-state index contributed by atoms with van der Waals surface area (Å²) in [6, 6.07) is -1.53. The fourth-order valence-electron chi connectivity index (χ4n) is 3.86. The van der Waals surface area contributed by atoms with Gasteiger partial charge in [0.15, 0.2) is 6.04 Å². The van der Waals surface area contributed by atoms with Crippen LogP contribution in [0.15, 0.2) is 0 Å². The molecule has 2 fully saturated rings.